The van der Waals surface area contributed by atoms with Crippen molar-refractivity contribution >= 4 is 12.1 Å². The number of hydrogen-bond acceptors (Lipinski definition) is 6. The smallest absolute Gasteiger partial charge is 0.409 e. The average Bonchev–Trinajstić information content (AvgIpc) is 3.23. The van der Waals surface area contributed by atoms with Gasteiger partial charge in [0.1, 0.15) is 0 Å². The molecule has 346 valence electrons. The van der Waals surface area contributed by atoms with E-state index in [4.69, 9.17) is 9.47 Å². The zero-order valence-corrected chi connectivity index (χ0v) is 39.7. The molecule has 7 heteroatoms. The standard InChI is InChI=1S/C51H102N2O5/c1-5-9-13-17-21-29-39-49(40-30-22-18-14-10-6-2)50(55)57-47-37-27-25-31-41-52(43-35-36-46-54)42-32-26-28-38-48-58-51(56)53(44-33-23-19-15-11-7-3)45-34-24-20-16-12-8-4/h49,54H,5-48H2,1-4H3. The first-order valence-electron chi connectivity index (χ1n) is 25.9. The van der Waals surface area contributed by atoms with Gasteiger partial charge in [0.2, 0.25) is 0 Å². The normalized spacial score (nSPS) is 11.6. The van der Waals surface area contributed by atoms with Gasteiger partial charge >= 0.3 is 12.1 Å². The maximum atomic E-state index is 13.1. The van der Waals surface area contributed by atoms with Crippen LogP contribution in [0, 0.1) is 5.92 Å². The molecule has 0 atom stereocenters. The molecule has 0 unspecified atom stereocenters. The molecule has 0 rings (SSSR count). The first-order chi connectivity index (χ1) is 28.5. The molecule has 0 heterocycles. The second-order valence-corrected chi connectivity index (χ2v) is 17.7. The first kappa shape index (κ1) is 56.7. The van der Waals surface area contributed by atoms with Crippen LogP contribution in [0.3, 0.4) is 0 Å². The van der Waals surface area contributed by atoms with Crippen molar-refractivity contribution in [1.82, 2.24) is 9.80 Å². The van der Waals surface area contributed by atoms with Crippen molar-refractivity contribution in [3.8, 4) is 0 Å². The van der Waals surface area contributed by atoms with Crippen molar-refractivity contribution in [1.29, 1.82) is 0 Å². The molecule has 0 spiro atoms. The van der Waals surface area contributed by atoms with E-state index >= 15 is 0 Å². The van der Waals surface area contributed by atoms with Gasteiger partial charge in [-0.2, -0.15) is 0 Å². The lowest BCUT2D eigenvalue weighted by Crippen LogP contribution is -2.33. The van der Waals surface area contributed by atoms with E-state index in [2.05, 4.69) is 32.6 Å². The summed E-state index contributed by atoms with van der Waals surface area (Å²) >= 11 is 0. The molecule has 0 fully saturated rings. The van der Waals surface area contributed by atoms with Crippen LogP contribution in [0.4, 0.5) is 4.79 Å². The van der Waals surface area contributed by atoms with Gasteiger partial charge in [0, 0.05) is 19.7 Å². The second-order valence-electron chi connectivity index (χ2n) is 17.7. The third-order valence-corrected chi connectivity index (χ3v) is 12.1. The van der Waals surface area contributed by atoms with Crippen molar-refractivity contribution < 1.29 is 24.2 Å². The predicted octanol–water partition coefficient (Wildman–Crippen LogP) is 15.0. The fourth-order valence-corrected chi connectivity index (χ4v) is 8.09. The quantitative estimate of drug-likeness (QED) is 0.0486. The lowest BCUT2D eigenvalue weighted by Gasteiger charge is -2.23. The average molecular weight is 823 g/mol. The van der Waals surface area contributed by atoms with Gasteiger partial charge in [-0.3, -0.25) is 4.79 Å². The number of ether oxygens (including phenoxy) is 2. The molecule has 58 heavy (non-hydrogen) atoms. The van der Waals surface area contributed by atoms with Crippen LogP contribution in [0.2, 0.25) is 0 Å². The van der Waals surface area contributed by atoms with Crippen LogP contribution in [-0.4, -0.2) is 79.5 Å². The van der Waals surface area contributed by atoms with Gasteiger partial charge in [-0.15, -0.1) is 0 Å². The Balaban J connectivity index is 4.44. The molecule has 0 aromatic heterocycles. The lowest BCUT2D eigenvalue weighted by molar-refractivity contribution is -0.149. The minimum atomic E-state index is -0.105. The Hall–Kier alpha value is -1.34. The van der Waals surface area contributed by atoms with E-state index in [9.17, 15) is 14.7 Å². The van der Waals surface area contributed by atoms with E-state index in [0.717, 1.165) is 135 Å². The third-order valence-electron chi connectivity index (χ3n) is 12.1. The molecule has 0 aliphatic heterocycles. The van der Waals surface area contributed by atoms with E-state index in [1.165, 1.54) is 128 Å². The highest BCUT2D eigenvalue weighted by Crippen LogP contribution is 2.21. The number of hydrogen-bond donors (Lipinski definition) is 1. The molecule has 0 saturated heterocycles. The fraction of sp³-hybridized carbons (Fsp3) is 0.961. The van der Waals surface area contributed by atoms with Crippen LogP contribution in [-0.2, 0) is 14.3 Å². The molecular formula is C51H102N2O5. The van der Waals surface area contributed by atoms with Crippen LogP contribution in [0.15, 0.2) is 0 Å². The van der Waals surface area contributed by atoms with Crippen molar-refractivity contribution in [3.05, 3.63) is 0 Å². The van der Waals surface area contributed by atoms with Crippen molar-refractivity contribution in [2.24, 2.45) is 5.92 Å². The molecule has 1 N–H and O–H groups in total. The molecule has 1 amide bonds. The number of aliphatic hydroxyl groups is 1. The highest BCUT2D eigenvalue weighted by atomic mass is 16.6. The SMILES string of the molecule is CCCCCCCCC(CCCCCCCC)C(=O)OCCCCCCN(CCCCO)CCCCCCOC(=O)N(CCCCCCCC)CCCCCCCC. The van der Waals surface area contributed by atoms with Gasteiger partial charge in [-0.25, -0.2) is 4.79 Å². The zero-order chi connectivity index (χ0) is 42.4. The second kappa shape index (κ2) is 46.7. The Labute approximate surface area is 362 Å². The summed E-state index contributed by atoms with van der Waals surface area (Å²) < 4.78 is 11.7. The van der Waals surface area contributed by atoms with Crippen LogP contribution in [0.25, 0.3) is 0 Å². The van der Waals surface area contributed by atoms with Crippen molar-refractivity contribution in [2.45, 2.75) is 259 Å². The van der Waals surface area contributed by atoms with Crippen LogP contribution in [0.1, 0.15) is 259 Å². The minimum Gasteiger partial charge on any atom is -0.465 e. The summed E-state index contributed by atoms with van der Waals surface area (Å²) in [4.78, 5) is 30.7. The van der Waals surface area contributed by atoms with Crippen molar-refractivity contribution in [2.75, 3.05) is 52.5 Å². The Morgan fingerprint density at radius 3 is 1.14 bits per heavy atom. The zero-order valence-electron chi connectivity index (χ0n) is 39.7. The number of esters is 1. The number of nitrogens with zero attached hydrogens (tertiary/aromatic N) is 2. The van der Waals surface area contributed by atoms with Crippen LogP contribution >= 0.6 is 0 Å². The predicted molar refractivity (Wildman–Crippen MR) is 250 cm³/mol. The van der Waals surface area contributed by atoms with Crippen LogP contribution in [0.5, 0.6) is 0 Å². The van der Waals surface area contributed by atoms with E-state index in [-0.39, 0.29) is 24.6 Å². The number of aliphatic hydroxyl groups excluding tert-OH is 1. The van der Waals surface area contributed by atoms with Gasteiger partial charge in [-0.1, -0.05) is 195 Å². The van der Waals surface area contributed by atoms with Gasteiger partial charge in [0.25, 0.3) is 0 Å². The van der Waals surface area contributed by atoms with E-state index in [0.29, 0.717) is 13.2 Å². The maximum Gasteiger partial charge on any atom is 0.409 e. The largest absolute Gasteiger partial charge is 0.465 e. The summed E-state index contributed by atoms with van der Waals surface area (Å²) in [5.41, 5.74) is 0. The molecule has 0 aromatic rings. The number of carbonyl (C=O) groups excluding carboxylic acids is 2. The van der Waals surface area contributed by atoms with Gasteiger partial charge in [0.05, 0.1) is 19.1 Å². The lowest BCUT2D eigenvalue weighted by atomic mass is 9.94. The summed E-state index contributed by atoms with van der Waals surface area (Å²) in [5, 5.41) is 9.35. The van der Waals surface area contributed by atoms with E-state index in [1.807, 2.05) is 4.90 Å². The molecule has 0 aliphatic carbocycles. The third kappa shape index (κ3) is 38.8. The Morgan fingerprint density at radius 2 is 0.724 bits per heavy atom. The Morgan fingerprint density at radius 1 is 0.397 bits per heavy atom. The highest BCUT2D eigenvalue weighted by molar-refractivity contribution is 5.72. The summed E-state index contributed by atoms with van der Waals surface area (Å²) in [5.74, 6) is 0.147. The van der Waals surface area contributed by atoms with Crippen molar-refractivity contribution in [3.63, 3.8) is 0 Å². The van der Waals surface area contributed by atoms with E-state index in [1.54, 1.807) is 0 Å². The first-order valence-corrected chi connectivity index (χ1v) is 25.9. The molecular weight excluding hydrogens is 721 g/mol. The molecule has 0 radical (unpaired) electrons. The minimum absolute atomic E-state index is 0.0595. The fourth-order valence-electron chi connectivity index (χ4n) is 8.09. The van der Waals surface area contributed by atoms with Crippen LogP contribution < -0.4 is 0 Å². The summed E-state index contributed by atoms with van der Waals surface area (Å²) in [6, 6.07) is 0. The molecule has 0 aromatic carbocycles. The Bertz CT molecular complexity index is 748. The highest BCUT2D eigenvalue weighted by Gasteiger charge is 2.19. The van der Waals surface area contributed by atoms with Gasteiger partial charge in [-0.05, 0) is 83.8 Å². The summed E-state index contributed by atoms with van der Waals surface area (Å²) in [7, 11) is 0. The molecule has 0 aliphatic rings. The Kier molecular flexibility index (Phi) is 45.6. The van der Waals surface area contributed by atoms with Gasteiger partial charge in [0.15, 0.2) is 0 Å². The molecule has 7 nitrogen and oxygen atoms in total. The topological polar surface area (TPSA) is 79.3 Å². The van der Waals surface area contributed by atoms with E-state index < -0.39 is 0 Å². The summed E-state index contributed by atoms with van der Waals surface area (Å²) in [6.45, 7) is 15.3. The number of unbranched alkanes of at least 4 members (excludes halogenated alkanes) is 27. The monoisotopic (exact) mass is 823 g/mol. The molecule has 0 saturated carbocycles. The number of carbonyl (C=O) groups is 2. The maximum absolute atomic E-state index is 13.1. The number of rotatable bonds is 47. The molecule has 0 bridgehead atoms. The summed E-state index contributed by atoms with van der Waals surface area (Å²) in [6.07, 6.45) is 42.6. The van der Waals surface area contributed by atoms with Gasteiger partial charge < -0.3 is 24.4 Å². The number of amides is 1.